The molecule has 1 atom stereocenters. The zero-order valence-corrected chi connectivity index (χ0v) is 14.4. The quantitative estimate of drug-likeness (QED) is 0.690. The normalized spacial score (nSPS) is 21.7. The third kappa shape index (κ3) is 2.74. The van der Waals surface area contributed by atoms with E-state index in [1.165, 1.54) is 0 Å². The lowest BCUT2D eigenvalue weighted by Crippen LogP contribution is -2.66. The van der Waals surface area contributed by atoms with Crippen molar-refractivity contribution in [2.24, 2.45) is 0 Å². The predicted octanol–water partition coefficient (Wildman–Crippen LogP) is 1.04. The first-order valence-corrected chi connectivity index (χ1v) is 8.70. The number of anilines is 1. The number of rotatable bonds is 3. The molecule has 134 valence electrons. The number of aryl methyl sites for hydroxylation is 1. The first-order valence-electron chi connectivity index (χ1n) is 8.70. The zero-order valence-electron chi connectivity index (χ0n) is 14.4. The van der Waals surface area contributed by atoms with Crippen LogP contribution in [0.5, 0.6) is 5.88 Å². The van der Waals surface area contributed by atoms with E-state index in [0.29, 0.717) is 12.5 Å². The van der Waals surface area contributed by atoms with Gasteiger partial charge in [0, 0.05) is 19.0 Å². The zero-order chi connectivity index (χ0) is 17.6. The van der Waals surface area contributed by atoms with Crippen LogP contribution in [0.3, 0.4) is 0 Å². The van der Waals surface area contributed by atoms with Crippen molar-refractivity contribution in [3.8, 4) is 5.88 Å². The van der Waals surface area contributed by atoms with Gasteiger partial charge in [0.25, 0.3) is 0 Å². The van der Waals surface area contributed by atoms with E-state index in [2.05, 4.69) is 30.2 Å². The van der Waals surface area contributed by atoms with E-state index in [1.54, 1.807) is 23.2 Å². The van der Waals surface area contributed by atoms with Crippen LogP contribution < -0.4 is 9.64 Å². The highest BCUT2D eigenvalue weighted by Gasteiger charge is 2.49. The summed E-state index contributed by atoms with van der Waals surface area (Å²) in [6.07, 6.45) is 6.80. The van der Waals surface area contributed by atoms with Gasteiger partial charge in [-0.15, -0.1) is 15.3 Å². The van der Waals surface area contributed by atoms with Crippen molar-refractivity contribution >= 4 is 11.5 Å². The summed E-state index contributed by atoms with van der Waals surface area (Å²) < 4.78 is 13.8. The molecule has 0 saturated carbocycles. The molecule has 0 aliphatic carbocycles. The molecule has 0 N–H and O–H groups in total. The minimum Gasteiger partial charge on any atom is -0.473 e. The Bertz CT molecular complexity index is 938. The first kappa shape index (κ1) is 15.4. The Balaban J connectivity index is 1.26. The maximum Gasteiger partial charge on any atom is 0.232 e. The average Bonchev–Trinajstić information content (AvgIpc) is 3.07. The number of nitrogens with zero attached hydrogens (tertiary/aromatic N) is 7. The molecule has 1 spiro atoms. The van der Waals surface area contributed by atoms with Crippen LogP contribution in [-0.2, 0) is 4.74 Å². The maximum atomic E-state index is 6.10. The Morgan fingerprint density at radius 3 is 3.08 bits per heavy atom. The van der Waals surface area contributed by atoms with Crippen LogP contribution in [-0.4, -0.2) is 61.2 Å². The molecule has 2 aliphatic rings. The maximum absolute atomic E-state index is 6.10. The minimum atomic E-state index is -0.177. The van der Waals surface area contributed by atoms with Gasteiger partial charge >= 0.3 is 0 Å². The number of ether oxygens (including phenoxy) is 2. The average molecular weight is 353 g/mol. The molecule has 5 rings (SSSR count). The summed E-state index contributed by atoms with van der Waals surface area (Å²) in [5, 5.41) is 12.4. The number of fused-ring (bicyclic) bond motifs is 1. The molecule has 0 amide bonds. The van der Waals surface area contributed by atoms with Gasteiger partial charge in [-0.05, 0) is 19.1 Å². The van der Waals surface area contributed by atoms with Crippen LogP contribution in [0.4, 0.5) is 5.82 Å². The molecule has 3 aromatic rings. The lowest BCUT2D eigenvalue weighted by molar-refractivity contribution is -0.126. The Kier molecular flexibility index (Phi) is 3.49. The molecule has 2 aliphatic heterocycles. The predicted molar refractivity (Wildman–Crippen MR) is 92.1 cm³/mol. The van der Waals surface area contributed by atoms with Gasteiger partial charge in [-0.2, -0.15) is 4.52 Å². The van der Waals surface area contributed by atoms with E-state index in [9.17, 15) is 0 Å². The van der Waals surface area contributed by atoms with Crippen molar-refractivity contribution in [1.82, 2.24) is 29.8 Å². The smallest absolute Gasteiger partial charge is 0.232 e. The summed E-state index contributed by atoms with van der Waals surface area (Å²) in [5.74, 6) is 1.49. The molecule has 5 heterocycles. The van der Waals surface area contributed by atoms with Gasteiger partial charge in [-0.25, -0.2) is 4.98 Å². The van der Waals surface area contributed by atoms with Crippen LogP contribution in [0.1, 0.15) is 18.5 Å². The van der Waals surface area contributed by atoms with Gasteiger partial charge < -0.3 is 14.4 Å². The largest absolute Gasteiger partial charge is 0.473 e. The van der Waals surface area contributed by atoms with Crippen molar-refractivity contribution in [2.75, 3.05) is 24.6 Å². The number of hydrogen-bond acceptors (Lipinski definition) is 8. The SMILES string of the molecule is Cc1cncc(O[C@H]2CCOC3(C2)CN(c2ccc4nncn4n2)C3)n1. The van der Waals surface area contributed by atoms with Gasteiger partial charge in [0.15, 0.2) is 5.65 Å². The standard InChI is InChI=1S/C17H19N7O2/c1-12-7-18-8-16(20-12)26-13-4-5-25-17(6-13)9-23(10-17)15-3-2-14-21-19-11-24(14)22-15/h2-3,7-8,11,13H,4-6,9-10H2,1H3/t13-/m0/s1. The molecule has 0 radical (unpaired) electrons. The summed E-state index contributed by atoms with van der Waals surface area (Å²) in [6.45, 7) is 4.20. The minimum absolute atomic E-state index is 0.0929. The number of hydrogen-bond donors (Lipinski definition) is 0. The topological polar surface area (TPSA) is 90.6 Å². The monoisotopic (exact) mass is 353 g/mol. The molecule has 9 nitrogen and oxygen atoms in total. The van der Waals surface area contributed by atoms with E-state index < -0.39 is 0 Å². The third-order valence-electron chi connectivity index (χ3n) is 4.90. The second-order valence-corrected chi connectivity index (χ2v) is 6.94. The highest BCUT2D eigenvalue weighted by atomic mass is 16.5. The fraction of sp³-hybridized carbons (Fsp3) is 0.471. The number of aromatic nitrogens is 6. The lowest BCUT2D eigenvalue weighted by atomic mass is 9.84. The van der Waals surface area contributed by atoms with Gasteiger partial charge in [0.1, 0.15) is 23.9 Å². The molecular weight excluding hydrogens is 334 g/mol. The molecular formula is C17H19N7O2. The van der Waals surface area contributed by atoms with Crippen molar-refractivity contribution in [1.29, 1.82) is 0 Å². The van der Waals surface area contributed by atoms with E-state index in [0.717, 1.165) is 43.1 Å². The summed E-state index contributed by atoms with van der Waals surface area (Å²) in [7, 11) is 0. The summed E-state index contributed by atoms with van der Waals surface area (Å²) in [4.78, 5) is 10.7. The van der Waals surface area contributed by atoms with E-state index in [1.807, 2.05) is 19.1 Å². The van der Waals surface area contributed by atoms with Crippen LogP contribution in [0, 0.1) is 6.92 Å². The fourth-order valence-corrected chi connectivity index (χ4v) is 3.67. The molecule has 9 heteroatoms. The molecule has 0 bridgehead atoms. The van der Waals surface area contributed by atoms with Crippen molar-refractivity contribution < 1.29 is 9.47 Å². The van der Waals surface area contributed by atoms with Gasteiger partial charge in [0.2, 0.25) is 5.88 Å². The molecule has 2 saturated heterocycles. The van der Waals surface area contributed by atoms with Gasteiger partial charge in [-0.3, -0.25) is 4.98 Å². The Morgan fingerprint density at radius 2 is 2.19 bits per heavy atom. The highest BCUT2D eigenvalue weighted by Crippen LogP contribution is 2.37. The molecule has 26 heavy (non-hydrogen) atoms. The van der Waals surface area contributed by atoms with Crippen molar-refractivity contribution in [3.05, 3.63) is 36.5 Å². The first-order chi connectivity index (χ1) is 12.7. The van der Waals surface area contributed by atoms with E-state index in [-0.39, 0.29) is 11.7 Å². The summed E-state index contributed by atoms with van der Waals surface area (Å²) in [5.41, 5.74) is 1.42. The lowest BCUT2D eigenvalue weighted by Gasteiger charge is -2.53. The van der Waals surface area contributed by atoms with Crippen molar-refractivity contribution in [2.45, 2.75) is 31.5 Å². The van der Waals surface area contributed by atoms with E-state index in [4.69, 9.17) is 9.47 Å². The Hall–Kier alpha value is -2.81. The van der Waals surface area contributed by atoms with Crippen LogP contribution in [0.15, 0.2) is 30.9 Å². The van der Waals surface area contributed by atoms with Gasteiger partial charge in [0.05, 0.1) is 31.6 Å². The summed E-state index contributed by atoms with van der Waals surface area (Å²) in [6, 6.07) is 3.89. The second-order valence-electron chi connectivity index (χ2n) is 6.94. The third-order valence-corrected chi connectivity index (χ3v) is 4.90. The second kappa shape index (κ2) is 5.87. The summed E-state index contributed by atoms with van der Waals surface area (Å²) >= 11 is 0. The highest BCUT2D eigenvalue weighted by molar-refractivity contribution is 5.48. The molecule has 0 aromatic carbocycles. The molecule has 2 fully saturated rings. The van der Waals surface area contributed by atoms with Crippen LogP contribution in [0.2, 0.25) is 0 Å². The van der Waals surface area contributed by atoms with Crippen molar-refractivity contribution in [3.63, 3.8) is 0 Å². The van der Waals surface area contributed by atoms with E-state index >= 15 is 0 Å². The van der Waals surface area contributed by atoms with Crippen LogP contribution >= 0.6 is 0 Å². The Morgan fingerprint density at radius 1 is 1.27 bits per heavy atom. The van der Waals surface area contributed by atoms with Gasteiger partial charge in [-0.1, -0.05) is 0 Å². The fourth-order valence-electron chi connectivity index (χ4n) is 3.67. The molecule has 3 aromatic heterocycles. The Labute approximate surface area is 150 Å². The van der Waals surface area contributed by atoms with Crippen LogP contribution in [0.25, 0.3) is 5.65 Å². The molecule has 0 unspecified atom stereocenters.